The minimum absolute atomic E-state index is 0.146. The molecule has 0 aliphatic carbocycles. The van der Waals surface area contributed by atoms with Crippen molar-refractivity contribution in [3.63, 3.8) is 0 Å². The molecule has 0 fully saturated rings. The van der Waals surface area contributed by atoms with Gasteiger partial charge in [-0.3, -0.25) is 9.59 Å². The summed E-state index contributed by atoms with van der Waals surface area (Å²) in [6.45, 7) is 3.89. The average Bonchev–Trinajstić information content (AvgIpc) is 3.36. The van der Waals surface area contributed by atoms with Gasteiger partial charge in [0.15, 0.2) is 11.5 Å². The van der Waals surface area contributed by atoms with E-state index in [1.54, 1.807) is 23.1 Å². The minimum atomic E-state index is -0.266. The van der Waals surface area contributed by atoms with Crippen LogP contribution in [0.1, 0.15) is 31.4 Å². The van der Waals surface area contributed by atoms with E-state index in [1.165, 1.54) is 11.3 Å². The number of rotatable bonds is 9. The molecule has 38 heavy (non-hydrogen) atoms. The number of nitrogens with zero attached hydrogens (tertiary/aromatic N) is 2. The standard InChI is InChI=1S/C30H29N3O4S/c1-21-32-26(28(38-21)23-11-6-3-7-12-23)30(35)33(17-15-22-9-4-2-5-10-22)18-16-31-29(34)24-13-8-14-25-27(24)37-20-19-36-25/h2-14H,15-20H2,1H3,(H,31,34). The summed E-state index contributed by atoms with van der Waals surface area (Å²) in [5.74, 6) is 0.610. The normalized spacial score (nSPS) is 12.1. The van der Waals surface area contributed by atoms with E-state index in [9.17, 15) is 9.59 Å². The molecule has 0 saturated heterocycles. The van der Waals surface area contributed by atoms with Crippen molar-refractivity contribution in [2.24, 2.45) is 0 Å². The van der Waals surface area contributed by atoms with Gasteiger partial charge >= 0.3 is 0 Å². The highest BCUT2D eigenvalue weighted by Crippen LogP contribution is 2.33. The largest absolute Gasteiger partial charge is 0.486 e. The monoisotopic (exact) mass is 527 g/mol. The second-order valence-electron chi connectivity index (χ2n) is 8.89. The first-order chi connectivity index (χ1) is 18.6. The first-order valence-electron chi connectivity index (χ1n) is 12.6. The third-order valence-electron chi connectivity index (χ3n) is 6.25. The van der Waals surface area contributed by atoms with Crippen molar-refractivity contribution in [1.29, 1.82) is 0 Å². The molecule has 0 saturated carbocycles. The molecule has 8 heteroatoms. The predicted octanol–water partition coefficient (Wildman–Crippen LogP) is 5.00. The van der Waals surface area contributed by atoms with Crippen LogP contribution in [0.3, 0.4) is 0 Å². The van der Waals surface area contributed by atoms with Crippen LogP contribution in [0.4, 0.5) is 0 Å². The van der Waals surface area contributed by atoms with Gasteiger partial charge in [0.1, 0.15) is 18.9 Å². The number of nitrogens with one attached hydrogen (secondary N) is 1. The van der Waals surface area contributed by atoms with Gasteiger partial charge in [-0.05, 0) is 36.6 Å². The molecule has 5 rings (SSSR count). The van der Waals surface area contributed by atoms with Crippen LogP contribution in [0.2, 0.25) is 0 Å². The summed E-state index contributed by atoms with van der Waals surface area (Å²) in [7, 11) is 0. The summed E-state index contributed by atoms with van der Waals surface area (Å²) in [5, 5.41) is 3.78. The van der Waals surface area contributed by atoms with Crippen molar-refractivity contribution in [1.82, 2.24) is 15.2 Å². The van der Waals surface area contributed by atoms with E-state index in [0.29, 0.717) is 55.5 Å². The molecule has 0 bridgehead atoms. The molecule has 7 nitrogen and oxygen atoms in total. The molecule has 2 heterocycles. The van der Waals surface area contributed by atoms with Gasteiger partial charge in [0.05, 0.1) is 15.4 Å². The van der Waals surface area contributed by atoms with Crippen LogP contribution in [0.15, 0.2) is 78.9 Å². The number of aromatic nitrogens is 1. The molecular weight excluding hydrogens is 498 g/mol. The van der Waals surface area contributed by atoms with Gasteiger partial charge in [-0.2, -0.15) is 0 Å². The summed E-state index contributed by atoms with van der Waals surface area (Å²) in [4.78, 5) is 34.1. The maximum Gasteiger partial charge on any atom is 0.274 e. The van der Waals surface area contributed by atoms with Crippen molar-refractivity contribution in [3.05, 3.63) is 101 Å². The molecule has 2 amide bonds. The fourth-order valence-electron chi connectivity index (χ4n) is 4.38. The summed E-state index contributed by atoms with van der Waals surface area (Å²) >= 11 is 1.51. The number of hydrogen-bond acceptors (Lipinski definition) is 6. The molecule has 1 aromatic heterocycles. The number of carbonyl (C=O) groups is 2. The van der Waals surface area contributed by atoms with Crippen molar-refractivity contribution in [2.75, 3.05) is 32.8 Å². The maximum atomic E-state index is 13.8. The molecular formula is C30H29N3O4S. The fraction of sp³-hybridized carbons (Fsp3) is 0.233. The van der Waals surface area contributed by atoms with Gasteiger partial charge < -0.3 is 19.7 Å². The van der Waals surface area contributed by atoms with E-state index in [1.807, 2.05) is 67.6 Å². The fourth-order valence-corrected chi connectivity index (χ4v) is 5.30. The highest BCUT2D eigenvalue weighted by molar-refractivity contribution is 7.15. The number of fused-ring (bicyclic) bond motifs is 1. The molecule has 0 unspecified atom stereocenters. The predicted molar refractivity (Wildman–Crippen MR) is 148 cm³/mol. The number of amides is 2. The molecule has 4 aromatic rings. The smallest absolute Gasteiger partial charge is 0.274 e. The van der Waals surface area contributed by atoms with E-state index >= 15 is 0 Å². The van der Waals surface area contributed by atoms with Crippen LogP contribution in [0.25, 0.3) is 10.4 Å². The van der Waals surface area contributed by atoms with Gasteiger partial charge in [0.2, 0.25) is 0 Å². The minimum Gasteiger partial charge on any atom is -0.486 e. The van der Waals surface area contributed by atoms with E-state index in [0.717, 1.165) is 21.0 Å². The van der Waals surface area contributed by atoms with Crippen molar-refractivity contribution < 1.29 is 19.1 Å². The Morgan fingerprint density at radius 2 is 1.66 bits per heavy atom. The van der Waals surface area contributed by atoms with Crippen molar-refractivity contribution in [3.8, 4) is 21.9 Å². The second-order valence-corrected chi connectivity index (χ2v) is 10.1. The third kappa shape index (κ3) is 5.86. The van der Waals surface area contributed by atoms with Crippen LogP contribution in [-0.2, 0) is 6.42 Å². The van der Waals surface area contributed by atoms with Gasteiger partial charge in [0, 0.05) is 19.6 Å². The van der Waals surface area contributed by atoms with Crippen molar-refractivity contribution >= 4 is 23.2 Å². The average molecular weight is 528 g/mol. The Hall–Kier alpha value is -4.17. The van der Waals surface area contributed by atoms with Crippen LogP contribution in [0.5, 0.6) is 11.5 Å². The van der Waals surface area contributed by atoms with Gasteiger partial charge in [-0.1, -0.05) is 66.7 Å². The van der Waals surface area contributed by atoms with E-state index < -0.39 is 0 Å². The topological polar surface area (TPSA) is 80.8 Å². The zero-order valence-corrected chi connectivity index (χ0v) is 22.0. The quantitative estimate of drug-likeness (QED) is 0.331. The lowest BCUT2D eigenvalue weighted by atomic mass is 10.1. The number of benzene rings is 3. The molecule has 3 aromatic carbocycles. The van der Waals surface area contributed by atoms with E-state index in [-0.39, 0.29) is 18.4 Å². The molecule has 194 valence electrons. The van der Waals surface area contributed by atoms with Crippen LogP contribution in [0, 0.1) is 6.92 Å². The zero-order chi connectivity index (χ0) is 26.3. The maximum absolute atomic E-state index is 13.8. The number of hydrogen-bond donors (Lipinski definition) is 1. The molecule has 1 aliphatic rings. The Kier molecular flexibility index (Phi) is 7.99. The van der Waals surface area contributed by atoms with Crippen LogP contribution >= 0.6 is 11.3 Å². The van der Waals surface area contributed by atoms with E-state index in [2.05, 4.69) is 10.3 Å². The Labute approximate surface area is 226 Å². The summed E-state index contributed by atoms with van der Waals surface area (Å²) in [6.07, 6.45) is 0.696. The van der Waals surface area contributed by atoms with E-state index in [4.69, 9.17) is 9.47 Å². The van der Waals surface area contributed by atoms with Crippen LogP contribution in [-0.4, -0.2) is 54.5 Å². The van der Waals surface area contributed by atoms with Crippen LogP contribution < -0.4 is 14.8 Å². The molecule has 1 aliphatic heterocycles. The lowest BCUT2D eigenvalue weighted by Crippen LogP contribution is -2.40. The zero-order valence-electron chi connectivity index (χ0n) is 21.2. The lowest BCUT2D eigenvalue weighted by Gasteiger charge is -2.23. The van der Waals surface area contributed by atoms with Gasteiger partial charge in [0.25, 0.3) is 11.8 Å². The Balaban J connectivity index is 1.33. The molecule has 1 N–H and O–H groups in total. The Morgan fingerprint density at radius 1 is 0.921 bits per heavy atom. The Morgan fingerprint density at radius 3 is 2.45 bits per heavy atom. The molecule has 0 atom stereocenters. The highest BCUT2D eigenvalue weighted by Gasteiger charge is 2.25. The van der Waals surface area contributed by atoms with Gasteiger partial charge in [-0.15, -0.1) is 11.3 Å². The summed E-state index contributed by atoms with van der Waals surface area (Å²) in [5.41, 5.74) is 2.97. The lowest BCUT2D eigenvalue weighted by molar-refractivity contribution is 0.0745. The SMILES string of the molecule is Cc1nc(C(=O)N(CCNC(=O)c2cccc3c2OCCO3)CCc2ccccc2)c(-c2ccccc2)s1. The molecule has 0 spiro atoms. The highest BCUT2D eigenvalue weighted by atomic mass is 32.1. The number of ether oxygens (including phenoxy) is 2. The number of para-hydroxylation sites is 1. The Bertz CT molecular complexity index is 1410. The first kappa shape index (κ1) is 25.5. The third-order valence-corrected chi connectivity index (χ3v) is 7.27. The second kappa shape index (κ2) is 11.9. The number of thiazole rings is 1. The van der Waals surface area contributed by atoms with Gasteiger partial charge in [-0.25, -0.2) is 4.98 Å². The number of carbonyl (C=O) groups excluding carboxylic acids is 2. The first-order valence-corrected chi connectivity index (χ1v) is 13.4. The summed E-state index contributed by atoms with van der Waals surface area (Å²) in [6, 6.07) is 25.2. The number of aryl methyl sites for hydroxylation is 1. The molecule has 0 radical (unpaired) electrons. The van der Waals surface area contributed by atoms with Crippen molar-refractivity contribution in [2.45, 2.75) is 13.3 Å². The summed E-state index contributed by atoms with van der Waals surface area (Å²) < 4.78 is 11.3.